The number of aliphatic hydroxyl groups excluding tert-OH is 2. The van der Waals surface area contributed by atoms with E-state index in [1.165, 1.54) is 18.5 Å². The molecule has 0 aliphatic heterocycles. The molecule has 3 N–H and O–H groups in total. The van der Waals surface area contributed by atoms with Gasteiger partial charge in [-0.3, -0.25) is 0 Å². The molecule has 26 heavy (non-hydrogen) atoms. The number of benzene rings is 1. The van der Waals surface area contributed by atoms with Crippen LogP contribution in [0, 0.1) is 11.7 Å². The van der Waals surface area contributed by atoms with E-state index in [1.807, 2.05) is 10.6 Å². The second kappa shape index (κ2) is 6.81. The summed E-state index contributed by atoms with van der Waals surface area (Å²) in [7, 11) is 0. The molecule has 8 heteroatoms. The first kappa shape index (κ1) is 16.6. The molecule has 0 spiro atoms. The molecule has 3 atom stereocenters. The van der Waals surface area contributed by atoms with E-state index in [0.29, 0.717) is 30.1 Å². The van der Waals surface area contributed by atoms with E-state index in [0.717, 1.165) is 5.56 Å². The van der Waals surface area contributed by atoms with Crippen molar-refractivity contribution < 1.29 is 14.6 Å². The van der Waals surface area contributed by atoms with Crippen molar-refractivity contribution in [2.45, 2.75) is 25.3 Å². The molecule has 1 aliphatic rings. The molecule has 0 amide bonds. The molecule has 1 aromatic carbocycles. The van der Waals surface area contributed by atoms with Crippen LogP contribution in [0.25, 0.3) is 11.2 Å². The maximum Gasteiger partial charge on any atom is 0.165 e. The zero-order chi connectivity index (χ0) is 18.1. The zero-order valence-corrected chi connectivity index (χ0v) is 13.8. The molecule has 134 valence electrons. The highest BCUT2D eigenvalue weighted by Crippen LogP contribution is 2.24. The molecular formula is C18H18FN5O2. The van der Waals surface area contributed by atoms with Gasteiger partial charge in [0, 0.05) is 19.0 Å². The summed E-state index contributed by atoms with van der Waals surface area (Å²) in [4.78, 5) is 12.9. The van der Waals surface area contributed by atoms with Gasteiger partial charge in [-0.2, -0.15) is 0 Å². The Morgan fingerprint density at radius 1 is 1.15 bits per heavy atom. The first-order chi connectivity index (χ1) is 12.6. The third kappa shape index (κ3) is 3.16. The summed E-state index contributed by atoms with van der Waals surface area (Å²) < 4.78 is 15.1. The summed E-state index contributed by atoms with van der Waals surface area (Å²) in [6.45, 7) is 0.860. The molecular weight excluding hydrogens is 337 g/mol. The molecule has 0 bridgehead atoms. The number of nitrogens with zero attached hydrogens (tertiary/aromatic N) is 4. The zero-order valence-electron chi connectivity index (χ0n) is 13.8. The van der Waals surface area contributed by atoms with Gasteiger partial charge in [0.2, 0.25) is 0 Å². The van der Waals surface area contributed by atoms with Crippen molar-refractivity contribution in [3.63, 3.8) is 0 Å². The molecule has 7 nitrogen and oxygen atoms in total. The SMILES string of the molecule is O[C@@H]1[C@H](O)C=C[C@H]1Cn1cnc2c(NCc3cccc(F)c3)ncnc21. The Labute approximate surface area is 148 Å². The van der Waals surface area contributed by atoms with Crippen molar-refractivity contribution in [2.75, 3.05) is 5.32 Å². The van der Waals surface area contributed by atoms with Gasteiger partial charge in [-0.25, -0.2) is 19.3 Å². The quantitative estimate of drug-likeness (QED) is 0.600. The summed E-state index contributed by atoms with van der Waals surface area (Å²) in [5.41, 5.74) is 2.02. The van der Waals surface area contributed by atoms with Crippen molar-refractivity contribution in [3.05, 3.63) is 60.5 Å². The summed E-state index contributed by atoms with van der Waals surface area (Å²) in [6.07, 6.45) is 4.79. The number of rotatable bonds is 5. The van der Waals surface area contributed by atoms with Crippen molar-refractivity contribution in [1.29, 1.82) is 0 Å². The molecule has 0 unspecified atom stereocenters. The van der Waals surface area contributed by atoms with Crippen LogP contribution < -0.4 is 5.32 Å². The fourth-order valence-corrected chi connectivity index (χ4v) is 3.11. The highest BCUT2D eigenvalue weighted by molar-refractivity contribution is 5.82. The minimum atomic E-state index is -0.840. The second-order valence-electron chi connectivity index (χ2n) is 6.30. The van der Waals surface area contributed by atoms with Crippen LogP contribution in [0.15, 0.2) is 49.1 Å². The molecule has 2 heterocycles. The Kier molecular flexibility index (Phi) is 4.36. The number of imidazole rings is 1. The first-order valence-electron chi connectivity index (χ1n) is 8.30. The maximum absolute atomic E-state index is 13.3. The maximum atomic E-state index is 13.3. The number of fused-ring (bicyclic) bond motifs is 1. The predicted octanol–water partition coefficient (Wildman–Crippen LogP) is 1.49. The Morgan fingerprint density at radius 2 is 2.04 bits per heavy atom. The number of anilines is 1. The number of nitrogens with one attached hydrogen (secondary N) is 1. The predicted molar refractivity (Wildman–Crippen MR) is 93.7 cm³/mol. The highest BCUT2D eigenvalue weighted by atomic mass is 19.1. The first-order valence-corrected chi connectivity index (χ1v) is 8.30. The fourth-order valence-electron chi connectivity index (χ4n) is 3.11. The van der Waals surface area contributed by atoms with Crippen LogP contribution in [0.5, 0.6) is 0 Å². The van der Waals surface area contributed by atoms with Gasteiger partial charge in [0.05, 0.1) is 18.5 Å². The number of aliphatic hydroxyl groups is 2. The third-order valence-electron chi connectivity index (χ3n) is 4.50. The van der Waals surface area contributed by atoms with Crippen LogP contribution >= 0.6 is 0 Å². The smallest absolute Gasteiger partial charge is 0.165 e. The standard InChI is InChI=1S/C18H18FN5O2/c19-13-3-1-2-11(6-13)7-20-17-15-18(22-9-21-17)24(10-23-15)8-12-4-5-14(25)16(12)26/h1-6,9-10,12,14,16,25-26H,7-8H2,(H,20,21,22)/t12-,14+,16-/m0/s1. The molecule has 2 aromatic heterocycles. The molecule has 0 radical (unpaired) electrons. The van der Waals surface area contributed by atoms with Gasteiger partial charge in [0.15, 0.2) is 11.5 Å². The van der Waals surface area contributed by atoms with E-state index in [-0.39, 0.29) is 11.7 Å². The van der Waals surface area contributed by atoms with Crippen molar-refractivity contribution >= 4 is 17.0 Å². The Hall–Kier alpha value is -2.84. The van der Waals surface area contributed by atoms with Gasteiger partial charge in [0.25, 0.3) is 0 Å². The lowest BCUT2D eigenvalue weighted by molar-refractivity contribution is 0.0298. The van der Waals surface area contributed by atoms with Crippen molar-refractivity contribution in [1.82, 2.24) is 19.5 Å². The molecule has 0 fully saturated rings. The van der Waals surface area contributed by atoms with Gasteiger partial charge in [-0.1, -0.05) is 24.3 Å². The van der Waals surface area contributed by atoms with Gasteiger partial charge in [-0.15, -0.1) is 0 Å². The second-order valence-corrected chi connectivity index (χ2v) is 6.30. The number of aromatic nitrogens is 4. The van der Waals surface area contributed by atoms with Crippen molar-refractivity contribution in [3.8, 4) is 0 Å². The highest BCUT2D eigenvalue weighted by Gasteiger charge is 2.29. The normalized spacial score (nSPS) is 22.2. The summed E-state index contributed by atoms with van der Waals surface area (Å²) in [5.74, 6) is 0.0633. The van der Waals surface area contributed by atoms with Gasteiger partial charge in [0.1, 0.15) is 17.7 Å². The van der Waals surface area contributed by atoms with Crippen LogP contribution in [0.3, 0.4) is 0 Å². The number of hydrogen-bond acceptors (Lipinski definition) is 6. The minimum Gasteiger partial charge on any atom is -0.389 e. The summed E-state index contributed by atoms with van der Waals surface area (Å²) in [5, 5.41) is 22.8. The fraction of sp³-hybridized carbons (Fsp3) is 0.278. The molecule has 3 aromatic rings. The van der Waals surface area contributed by atoms with Crippen molar-refractivity contribution in [2.24, 2.45) is 5.92 Å². The van der Waals surface area contributed by atoms with E-state index in [1.54, 1.807) is 24.5 Å². The van der Waals surface area contributed by atoms with E-state index in [2.05, 4.69) is 20.3 Å². The van der Waals surface area contributed by atoms with Gasteiger partial charge < -0.3 is 20.1 Å². The summed E-state index contributed by atoms with van der Waals surface area (Å²) >= 11 is 0. The van der Waals surface area contributed by atoms with Crippen LogP contribution in [0.1, 0.15) is 5.56 Å². The largest absolute Gasteiger partial charge is 0.389 e. The average molecular weight is 355 g/mol. The molecule has 1 aliphatic carbocycles. The minimum absolute atomic E-state index is 0.207. The van der Waals surface area contributed by atoms with Crippen LogP contribution in [0.4, 0.5) is 10.2 Å². The Bertz CT molecular complexity index is 958. The Balaban J connectivity index is 1.54. The molecule has 0 saturated carbocycles. The number of halogens is 1. The van der Waals surface area contributed by atoms with E-state index < -0.39 is 12.2 Å². The average Bonchev–Trinajstić information content (AvgIpc) is 3.19. The Morgan fingerprint density at radius 3 is 2.81 bits per heavy atom. The molecule has 0 saturated heterocycles. The lowest BCUT2D eigenvalue weighted by Gasteiger charge is -2.17. The van der Waals surface area contributed by atoms with Crippen LogP contribution in [-0.2, 0) is 13.1 Å². The summed E-state index contributed by atoms with van der Waals surface area (Å²) in [6, 6.07) is 6.34. The topological polar surface area (TPSA) is 96.1 Å². The molecule has 4 rings (SSSR count). The number of hydrogen-bond donors (Lipinski definition) is 3. The monoisotopic (exact) mass is 355 g/mol. The lowest BCUT2D eigenvalue weighted by atomic mass is 10.1. The third-order valence-corrected chi connectivity index (χ3v) is 4.50. The van der Waals surface area contributed by atoms with Crippen LogP contribution in [-0.4, -0.2) is 41.9 Å². The van der Waals surface area contributed by atoms with E-state index in [4.69, 9.17) is 0 Å². The lowest BCUT2D eigenvalue weighted by Crippen LogP contribution is -2.28. The van der Waals surface area contributed by atoms with Gasteiger partial charge in [-0.05, 0) is 17.7 Å². The van der Waals surface area contributed by atoms with Gasteiger partial charge >= 0.3 is 0 Å². The van der Waals surface area contributed by atoms with E-state index in [9.17, 15) is 14.6 Å². The van der Waals surface area contributed by atoms with Crippen LogP contribution in [0.2, 0.25) is 0 Å². The van der Waals surface area contributed by atoms with E-state index >= 15 is 0 Å².